The molecule has 2 aliphatic heterocycles. The number of fused-ring (bicyclic) bond motifs is 2. The first-order valence-corrected chi connectivity index (χ1v) is 11.0. The van der Waals surface area contributed by atoms with Gasteiger partial charge in [-0.1, -0.05) is 0 Å². The lowest BCUT2D eigenvalue weighted by Crippen LogP contribution is -2.46. The molecule has 3 aliphatic rings. The van der Waals surface area contributed by atoms with Gasteiger partial charge in [-0.05, 0) is 47.9 Å². The van der Waals surface area contributed by atoms with E-state index in [0.717, 1.165) is 50.7 Å². The van der Waals surface area contributed by atoms with E-state index < -0.39 is 0 Å². The Morgan fingerprint density at radius 2 is 2.11 bits per heavy atom. The molecule has 0 amide bonds. The van der Waals surface area contributed by atoms with Crippen LogP contribution < -0.4 is 14.8 Å². The monoisotopic (exact) mass is 384 g/mol. The highest BCUT2D eigenvalue weighted by atomic mass is 32.1. The lowest BCUT2D eigenvalue weighted by atomic mass is 9.73. The Morgan fingerprint density at radius 1 is 1.22 bits per heavy atom. The smallest absolute Gasteiger partial charge is 0.123 e. The van der Waals surface area contributed by atoms with E-state index >= 15 is 0 Å². The molecule has 0 spiro atoms. The zero-order valence-electron chi connectivity index (χ0n) is 16.0. The third-order valence-electron chi connectivity index (χ3n) is 6.41. The van der Waals surface area contributed by atoms with Crippen LogP contribution in [0.15, 0.2) is 23.6 Å². The molecule has 0 saturated carbocycles. The molecule has 1 N–H and O–H groups in total. The summed E-state index contributed by atoms with van der Waals surface area (Å²) in [5.74, 6) is 3.13. The summed E-state index contributed by atoms with van der Waals surface area (Å²) in [6.45, 7) is 6.49. The van der Waals surface area contributed by atoms with Crippen LogP contribution in [0.1, 0.15) is 33.9 Å². The number of thiophene rings is 1. The van der Waals surface area contributed by atoms with E-state index in [-0.39, 0.29) is 0 Å². The van der Waals surface area contributed by atoms with Gasteiger partial charge in [0.2, 0.25) is 0 Å². The fraction of sp³-hybridized carbons (Fsp3) is 0.545. The van der Waals surface area contributed by atoms with Gasteiger partial charge < -0.3 is 19.7 Å². The molecule has 4 nitrogen and oxygen atoms in total. The number of rotatable bonds is 4. The van der Waals surface area contributed by atoms with E-state index in [9.17, 15) is 0 Å². The number of hydrogen-bond acceptors (Lipinski definition) is 5. The Hall–Kier alpha value is -1.56. The van der Waals surface area contributed by atoms with Crippen molar-refractivity contribution in [1.29, 1.82) is 0 Å². The van der Waals surface area contributed by atoms with Crippen LogP contribution in [0.3, 0.4) is 0 Å². The van der Waals surface area contributed by atoms with E-state index in [1.807, 2.05) is 18.4 Å². The SMILES string of the molecule is COc1cc2c(cc1C1c3ccsc3CCC1CN1CCNCC1)OCC2. The van der Waals surface area contributed by atoms with Gasteiger partial charge in [-0.15, -0.1) is 11.3 Å². The Kier molecular flexibility index (Phi) is 4.84. The summed E-state index contributed by atoms with van der Waals surface area (Å²) in [6, 6.07) is 6.85. The first kappa shape index (κ1) is 17.5. The summed E-state index contributed by atoms with van der Waals surface area (Å²) in [5, 5.41) is 5.74. The zero-order chi connectivity index (χ0) is 18.2. The molecular weight excluding hydrogens is 356 g/mol. The molecule has 0 bridgehead atoms. The van der Waals surface area contributed by atoms with Gasteiger partial charge in [0.1, 0.15) is 11.5 Å². The summed E-state index contributed by atoms with van der Waals surface area (Å²) < 4.78 is 11.8. The number of piperazine rings is 1. The average Bonchev–Trinajstić information content (AvgIpc) is 3.36. The lowest BCUT2D eigenvalue weighted by Gasteiger charge is -2.38. The van der Waals surface area contributed by atoms with Crippen LogP contribution in [0, 0.1) is 5.92 Å². The molecule has 144 valence electrons. The van der Waals surface area contributed by atoms with Crippen LogP contribution in [0.4, 0.5) is 0 Å². The van der Waals surface area contributed by atoms with Crippen molar-refractivity contribution in [2.45, 2.75) is 25.2 Å². The van der Waals surface area contributed by atoms with Crippen LogP contribution in [0.2, 0.25) is 0 Å². The summed E-state index contributed by atoms with van der Waals surface area (Å²) in [5.41, 5.74) is 4.12. The topological polar surface area (TPSA) is 33.7 Å². The number of hydrogen-bond donors (Lipinski definition) is 1. The van der Waals surface area contributed by atoms with Crippen molar-refractivity contribution in [3.63, 3.8) is 0 Å². The number of methoxy groups -OCH3 is 1. The number of benzene rings is 1. The maximum Gasteiger partial charge on any atom is 0.123 e. The molecule has 1 aromatic heterocycles. The summed E-state index contributed by atoms with van der Waals surface area (Å²) in [4.78, 5) is 4.20. The van der Waals surface area contributed by atoms with Gasteiger partial charge >= 0.3 is 0 Å². The molecule has 2 unspecified atom stereocenters. The summed E-state index contributed by atoms with van der Waals surface area (Å²) in [7, 11) is 1.81. The molecule has 1 fully saturated rings. The van der Waals surface area contributed by atoms with Gasteiger partial charge in [-0.25, -0.2) is 0 Å². The number of aryl methyl sites for hydroxylation is 1. The molecule has 0 radical (unpaired) electrons. The van der Waals surface area contributed by atoms with Gasteiger partial charge in [0.15, 0.2) is 0 Å². The maximum absolute atomic E-state index is 5.91. The van der Waals surface area contributed by atoms with E-state index in [4.69, 9.17) is 9.47 Å². The van der Waals surface area contributed by atoms with Crippen molar-refractivity contribution in [1.82, 2.24) is 10.2 Å². The van der Waals surface area contributed by atoms with Gasteiger partial charge in [-0.3, -0.25) is 0 Å². The Balaban J connectivity index is 1.54. The molecule has 27 heavy (non-hydrogen) atoms. The minimum atomic E-state index is 0.402. The summed E-state index contributed by atoms with van der Waals surface area (Å²) >= 11 is 1.92. The minimum absolute atomic E-state index is 0.402. The van der Waals surface area contributed by atoms with Crippen LogP contribution in [-0.2, 0) is 12.8 Å². The van der Waals surface area contributed by atoms with Crippen molar-refractivity contribution in [3.8, 4) is 11.5 Å². The Morgan fingerprint density at radius 3 is 2.96 bits per heavy atom. The highest BCUT2D eigenvalue weighted by Crippen LogP contribution is 2.48. The fourth-order valence-electron chi connectivity index (χ4n) is 5.05. The second kappa shape index (κ2) is 7.46. The molecule has 3 heterocycles. The predicted octanol–water partition coefficient (Wildman–Crippen LogP) is 3.29. The Labute approximate surface area is 165 Å². The standard InChI is InChI=1S/C22H28N2O2S/c1-25-20-12-15-4-10-26-19(15)13-18(20)22-16(14-24-8-6-23-7-9-24)2-3-21-17(22)5-11-27-21/h5,11-13,16,22-23H,2-4,6-10,14H2,1H3. The van der Waals surface area contributed by atoms with Gasteiger partial charge in [0.05, 0.1) is 13.7 Å². The molecule has 5 rings (SSSR count). The fourth-order valence-corrected chi connectivity index (χ4v) is 6.00. The molecular formula is C22H28N2O2S. The normalized spacial score (nSPS) is 24.9. The third kappa shape index (κ3) is 3.26. The predicted molar refractivity (Wildman–Crippen MR) is 109 cm³/mol. The van der Waals surface area contributed by atoms with Crippen molar-refractivity contribution >= 4 is 11.3 Å². The lowest BCUT2D eigenvalue weighted by molar-refractivity contribution is 0.188. The van der Waals surface area contributed by atoms with Gasteiger partial charge in [-0.2, -0.15) is 0 Å². The van der Waals surface area contributed by atoms with E-state index in [0.29, 0.717) is 11.8 Å². The molecule has 1 aliphatic carbocycles. The molecule has 1 saturated heterocycles. The van der Waals surface area contributed by atoms with Crippen molar-refractivity contribution in [2.75, 3.05) is 46.4 Å². The second-order valence-corrected chi connectivity index (χ2v) is 8.93. The Bertz CT molecular complexity index is 813. The van der Waals surface area contributed by atoms with E-state index in [1.54, 1.807) is 4.88 Å². The van der Waals surface area contributed by atoms with Crippen molar-refractivity contribution < 1.29 is 9.47 Å². The highest BCUT2D eigenvalue weighted by Gasteiger charge is 2.35. The molecule has 5 heteroatoms. The third-order valence-corrected chi connectivity index (χ3v) is 7.40. The van der Waals surface area contributed by atoms with Crippen molar-refractivity contribution in [2.24, 2.45) is 5.92 Å². The zero-order valence-corrected chi connectivity index (χ0v) is 16.8. The van der Waals surface area contributed by atoms with E-state index in [1.165, 1.54) is 36.1 Å². The molecule has 2 aromatic rings. The van der Waals surface area contributed by atoms with Crippen LogP contribution >= 0.6 is 11.3 Å². The van der Waals surface area contributed by atoms with Crippen molar-refractivity contribution in [3.05, 3.63) is 45.1 Å². The quantitative estimate of drug-likeness (QED) is 0.877. The van der Waals surface area contributed by atoms with Crippen LogP contribution in [0.25, 0.3) is 0 Å². The summed E-state index contributed by atoms with van der Waals surface area (Å²) in [6.07, 6.45) is 3.46. The number of ether oxygens (including phenoxy) is 2. The van der Waals surface area contributed by atoms with Gasteiger partial charge in [0, 0.05) is 61.1 Å². The second-order valence-electron chi connectivity index (χ2n) is 7.93. The number of nitrogens with one attached hydrogen (secondary N) is 1. The highest BCUT2D eigenvalue weighted by molar-refractivity contribution is 7.10. The van der Waals surface area contributed by atoms with E-state index in [2.05, 4.69) is 33.8 Å². The molecule has 1 aromatic carbocycles. The largest absolute Gasteiger partial charge is 0.496 e. The number of nitrogens with zero attached hydrogens (tertiary/aromatic N) is 1. The molecule has 2 atom stereocenters. The van der Waals surface area contributed by atoms with Gasteiger partial charge in [0.25, 0.3) is 0 Å². The first-order chi connectivity index (χ1) is 13.3. The van der Waals surface area contributed by atoms with Crippen LogP contribution in [0.5, 0.6) is 11.5 Å². The minimum Gasteiger partial charge on any atom is -0.496 e. The average molecular weight is 385 g/mol. The first-order valence-electron chi connectivity index (χ1n) is 10.2. The maximum atomic E-state index is 5.91. The van der Waals surface area contributed by atoms with Crippen LogP contribution in [-0.4, -0.2) is 51.3 Å².